The SMILES string of the molecule is C[C@]1(Br)CCCCCC[C@@H]1O. The van der Waals surface area contributed by atoms with Gasteiger partial charge in [-0.15, -0.1) is 0 Å². The van der Waals surface area contributed by atoms with E-state index in [4.69, 9.17) is 0 Å². The van der Waals surface area contributed by atoms with Crippen molar-refractivity contribution in [1.29, 1.82) is 0 Å². The first kappa shape index (κ1) is 9.53. The molecular formula is C9H17BrO. The monoisotopic (exact) mass is 220 g/mol. The second kappa shape index (κ2) is 3.90. The van der Waals surface area contributed by atoms with Gasteiger partial charge in [0, 0.05) is 4.32 Å². The third kappa shape index (κ3) is 2.75. The lowest BCUT2D eigenvalue weighted by atomic mass is 9.90. The molecule has 0 aromatic heterocycles. The fourth-order valence-corrected chi connectivity index (χ4v) is 2.14. The summed E-state index contributed by atoms with van der Waals surface area (Å²) in [4.78, 5) is 0. The van der Waals surface area contributed by atoms with Gasteiger partial charge in [0.1, 0.15) is 0 Å². The number of aliphatic hydroxyl groups excluding tert-OH is 1. The second-order valence-corrected chi connectivity index (χ2v) is 5.56. The summed E-state index contributed by atoms with van der Waals surface area (Å²) in [7, 11) is 0. The van der Waals surface area contributed by atoms with Gasteiger partial charge >= 0.3 is 0 Å². The first-order valence-electron chi connectivity index (χ1n) is 4.50. The van der Waals surface area contributed by atoms with Crippen molar-refractivity contribution < 1.29 is 5.11 Å². The first-order chi connectivity index (χ1) is 5.13. The van der Waals surface area contributed by atoms with Gasteiger partial charge < -0.3 is 5.11 Å². The Balaban J connectivity index is 2.47. The van der Waals surface area contributed by atoms with Crippen molar-refractivity contribution in [1.82, 2.24) is 0 Å². The molecule has 0 aromatic rings. The summed E-state index contributed by atoms with van der Waals surface area (Å²) >= 11 is 3.59. The Morgan fingerprint density at radius 3 is 2.64 bits per heavy atom. The maximum absolute atomic E-state index is 9.70. The van der Waals surface area contributed by atoms with Crippen molar-refractivity contribution in [2.45, 2.75) is 55.9 Å². The third-order valence-corrected chi connectivity index (χ3v) is 3.51. The molecule has 0 amide bonds. The largest absolute Gasteiger partial charge is 0.392 e. The topological polar surface area (TPSA) is 20.2 Å². The summed E-state index contributed by atoms with van der Waals surface area (Å²) in [6.07, 6.45) is 6.97. The van der Waals surface area contributed by atoms with E-state index < -0.39 is 0 Å². The van der Waals surface area contributed by atoms with Crippen LogP contribution in [0.3, 0.4) is 0 Å². The van der Waals surface area contributed by atoms with Gasteiger partial charge in [-0.2, -0.15) is 0 Å². The van der Waals surface area contributed by atoms with Crippen LogP contribution < -0.4 is 0 Å². The minimum Gasteiger partial charge on any atom is -0.392 e. The van der Waals surface area contributed by atoms with Crippen molar-refractivity contribution in [3.05, 3.63) is 0 Å². The molecule has 0 unspecified atom stereocenters. The van der Waals surface area contributed by atoms with E-state index in [2.05, 4.69) is 22.9 Å². The van der Waals surface area contributed by atoms with E-state index in [0.717, 1.165) is 12.8 Å². The van der Waals surface area contributed by atoms with E-state index >= 15 is 0 Å². The summed E-state index contributed by atoms with van der Waals surface area (Å²) in [5, 5.41) is 9.70. The number of hydrogen-bond acceptors (Lipinski definition) is 1. The minimum atomic E-state index is -0.150. The molecule has 66 valence electrons. The molecule has 1 rings (SSSR count). The Morgan fingerprint density at radius 1 is 1.27 bits per heavy atom. The van der Waals surface area contributed by atoms with Gasteiger partial charge in [-0.1, -0.05) is 41.6 Å². The maximum atomic E-state index is 9.70. The molecule has 0 heterocycles. The van der Waals surface area contributed by atoms with E-state index in [1.54, 1.807) is 0 Å². The number of aliphatic hydroxyl groups is 1. The van der Waals surface area contributed by atoms with E-state index in [1.807, 2.05) is 0 Å². The molecule has 1 nitrogen and oxygen atoms in total. The molecular weight excluding hydrogens is 204 g/mol. The van der Waals surface area contributed by atoms with Gasteiger partial charge in [-0.05, 0) is 19.8 Å². The van der Waals surface area contributed by atoms with Crippen LogP contribution in [0.1, 0.15) is 45.4 Å². The van der Waals surface area contributed by atoms with Gasteiger partial charge in [0.15, 0.2) is 0 Å². The van der Waals surface area contributed by atoms with Gasteiger partial charge in [-0.25, -0.2) is 0 Å². The van der Waals surface area contributed by atoms with Crippen LogP contribution in [0.15, 0.2) is 0 Å². The Labute approximate surface area is 77.3 Å². The highest BCUT2D eigenvalue weighted by Crippen LogP contribution is 2.33. The predicted molar refractivity (Wildman–Crippen MR) is 51.0 cm³/mol. The first-order valence-corrected chi connectivity index (χ1v) is 5.29. The van der Waals surface area contributed by atoms with Gasteiger partial charge in [0.2, 0.25) is 0 Å². The Bertz CT molecular complexity index is 123. The lowest BCUT2D eigenvalue weighted by Crippen LogP contribution is -2.33. The number of halogens is 1. The van der Waals surface area contributed by atoms with Crippen LogP contribution in [-0.2, 0) is 0 Å². The molecule has 0 spiro atoms. The lowest BCUT2D eigenvalue weighted by molar-refractivity contribution is 0.114. The average Bonchev–Trinajstić information content (AvgIpc) is 1.93. The lowest BCUT2D eigenvalue weighted by Gasteiger charge is -2.30. The summed E-state index contributed by atoms with van der Waals surface area (Å²) in [5.74, 6) is 0. The average molecular weight is 221 g/mol. The van der Waals surface area contributed by atoms with Crippen LogP contribution in [0, 0.1) is 0 Å². The molecule has 2 atom stereocenters. The molecule has 0 aliphatic heterocycles. The number of rotatable bonds is 0. The quantitative estimate of drug-likeness (QED) is 0.623. The second-order valence-electron chi connectivity index (χ2n) is 3.75. The third-order valence-electron chi connectivity index (χ3n) is 2.59. The molecule has 1 saturated carbocycles. The van der Waals surface area contributed by atoms with Crippen LogP contribution in [0.2, 0.25) is 0 Å². The zero-order chi connectivity index (χ0) is 8.32. The standard InChI is InChI=1S/C9H17BrO/c1-9(10)7-5-3-2-4-6-8(9)11/h8,11H,2-7H2,1H3/t8-,9-/m0/s1. The molecule has 0 saturated heterocycles. The molecule has 2 heteroatoms. The van der Waals surface area contributed by atoms with Crippen LogP contribution >= 0.6 is 15.9 Å². The van der Waals surface area contributed by atoms with E-state index in [-0.39, 0.29) is 10.4 Å². The van der Waals surface area contributed by atoms with Crippen LogP contribution in [0.4, 0.5) is 0 Å². The number of alkyl halides is 1. The normalized spacial score (nSPS) is 41.2. The Morgan fingerprint density at radius 2 is 1.91 bits per heavy atom. The van der Waals surface area contributed by atoms with Crippen molar-refractivity contribution in [2.75, 3.05) is 0 Å². The summed E-state index contributed by atoms with van der Waals surface area (Å²) in [6, 6.07) is 0. The summed E-state index contributed by atoms with van der Waals surface area (Å²) in [6.45, 7) is 2.10. The zero-order valence-corrected chi connectivity index (χ0v) is 8.73. The molecule has 0 radical (unpaired) electrons. The van der Waals surface area contributed by atoms with E-state index in [1.165, 1.54) is 25.7 Å². The molecule has 1 aliphatic rings. The summed E-state index contributed by atoms with van der Waals surface area (Å²) in [5.41, 5.74) is 0. The minimum absolute atomic E-state index is 0.0204. The zero-order valence-electron chi connectivity index (χ0n) is 7.15. The van der Waals surface area contributed by atoms with Crippen molar-refractivity contribution in [3.8, 4) is 0 Å². The fourth-order valence-electron chi connectivity index (χ4n) is 1.63. The maximum Gasteiger partial charge on any atom is 0.0690 e. The Hall–Kier alpha value is 0.440. The smallest absolute Gasteiger partial charge is 0.0690 e. The molecule has 0 aromatic carbocycles. The van der Waals surface area contributed by atoms with Crippen molar-refractivity contribution >= 4 is 15.9 Å². The predicted octanol–water partition coefficient (Wildman–Crippen LogP) is 2.86. The fraction of sp³-hybridized carbons (Fsp3) is 1.00. The molecule has 1 N–H and O–H groups in total. The number of hydrogen-bond donors (Lipinski definition) is 1. The summed E-state index contributed by atoms with van der Waals surface area (Å²) < 4.78 is -0.0204. The van der Waals surface area contributed by atoms with Crippen LogP contribution in [0.25, 0.3) is 0 Å². The van der Waals surface area contributed by atoms with E-state index in [9.17, 15) is 5.11 Å². The van der Waals surface area contributed by atoms with Gasteiger partial charge in [0.05, 0.1) is 6.10 Å². The van der Waals surface area contributed by atoms with Crippen LogP contribution in [-0.4, -0.2) is 15.5 Å². The molecule has 0 bridgehead atoms. The van der Waals surface area contributed by atoms with Crippen molar-refractivity contribution in [2.24, 2.45) is 0 Å². The molecule has 11 heavy (non-hydrogen) atoms. The highest BCUT2D eigenvalue weighted by Gasteiger charge is 2.29. The Kier molecular flexibility index (Phi) is 3.38. The van der Waals surface area contributed by atoms with Crippen molar-refractivity contribution in [3.63, 3.8) is 0 Å². The van der Waals surface area contributed by atoms with Gasteiger partial charge in [-0.3, -0.25) is 0 Å². The molecule has 1 fully saturated rings. The van der Waals surface area contributed by atoms with Crippen LogP contribution in [0.5, 0.6) is 0 Å². The van der Waals surface area contributed by atoms with Gasteiger partial charge in [0.25, 0.3) is 0 Å². The van der Waals surface area contributed by atoms with E-state index in [0.29, 0.717) is 0 Å². The highest BCUT2D eigenvalue weighted by molar-refractivity contribution is 9.10. The highest BCUT2D eigenvalue weighted by atomic mass is 79.9. The molecule has 1 aliphatic carbocycles.